The zero-order valence-electron chi connectivity index (χ0n) is 6.99. The third-order valence-corrected chi connectivity index (χ3v) is 2.10. The summed E-state index contributed by atoms with van der Waals surface area (Å²) < 4.78 is 2.16. The van der Waals surface area contributed by atoms with Crippen LogP contribution in [0, 0.1) is 0 Å². The van der Waals surface area contributed by atoms with E-state index in [0.29, 0.717) is 12.0 Å². The average Bonchev–Trinajstić information content (AvgIpc) is 2.68. The van der Waals surface area contributed by atoms with Gasteiger partial charge in [-0.3, -0.25) is 0 Å². The van der Waals surface area contributed by atoms with Gasteiger partial charge >= 0.3 is 0 Å². The molecule has 1 aromatic rings. The molecule has 3 heteroatoms. The fraction of sp³-hybridized carbons (Fsp3) is 0.750. The van der Waals surface area contributed by atoms with Gasteiger partial charge in [0.2, 0.25) is 0 Å². The molecule has 1 aliphatic carbocycles. The van der Waals surface area contributed by atoms with E-state index in [0.717, 1.165) is 0 Å². The van der Waals surface area contributed by atoms with Crippen LogP contribution in [0.2, 0.25) is 0 Å². The van der Waals surface area contributed by atoms with Crippen LogP contribution in [0.25, 0.3) is 0 Å². The maximum absolute atomic E-state index is 4.11. The lowest BCUT2D eigenvalue weighted by Crippen LogP contribution is -2.03. The van der Waals surface area contributed by atoms with E-state index in [2.05, 4.69) is 28.6 Å². The van der Waals surface area contributed by atoms with Gasteiger partial charge < -0.3 is 4.57 Å². The van der Waals surface area contributed by atoms with Crippen LogP contribution in [0.5, 0.6) is 0 Å². The molecule has 0 unspecified atom stereocenters. The normalized spacial score (nSPS) is 17.7. The van der Waals surface area contributed by atoms with Crippen molar-refractivity contribution in [3.8, 4) is 0 Å². The van der Waals surface area contributed by atoms with Crippen molar-refractivity contribution in [3.63, 3.8) is 0 Å². The van der Waals surface area contributed by atoms with E-state index in [1.165, 1.54) is 18.7 Å². The number of nitrogens with zero attached hydrogens (tertiary/aromatic N) is 3. The van der Waals surface area contributed by atoms with E-state index in [1.807, 2.05) is 6.33 Å². The highest BCUT2D eigenvalue weighted by molar-refractivity contribution is 5.05. The molecule has 0 spiro atoms. The predicted octanol–water partition coefficient (Wildman–Crippen LogP) is 1.74. The second-order valence-electron chi connectivity index (χ2n) is 3.46. The molecular formula is C8H13N3. The first-order chi connectivity index (χ1) is 5.29. The molecule has 2 rings (SSSR count). The fourth-order valence-corrected chi connectivity index (χ4v) is 1.28. The maximum Gasteiger partial charge on any atom is 0.136 e. The van der Waals surface area contributed by atoms with Gasteiger partial charge in [0.25, 0.3) is 0 Å². The van der Waals surface area contributed by atoms with Crippen molar-refractivity contribution in [2.24, 2.45) is 0 Å². The maximum atomic E-state index is 4.11. The zero-order valence-corrected chi connectivity index (χ0v) is 6.99. The van der Waals surface area contributed by atoms with Crippen molar-refractivity contribution in [2.75, 3.05) is 0 Å². The van der Waals surface area contributed by atoms with Crippen LogP contribution in [0.3, 0.4) is 0 Å². The molecule has 0 aromatic carbocycles. The summed E-state index contributed by atoms with van der Waals surface area (Å²) in [6, 6.07) is 0.501. The summed E-state index contributed by atoms with van der Waals surface area (Å²) in [5, 5.41) is 8.03. The molecule has 1 saturated carbocycles. The van der Waals surface area contributed by atoms with Gasteiger partial charge in [0.15, 0.2) is 0 Å². The van der Waals surface area contributed by atoms with Gasteiger partial charge in [0.1, 0.15) is 12.2 Å². The van der Waals surface area contributed by atoms with Crippen molar-refractivity contribution in [2.45, 2.75) is 38.6 Å². The number of hydrogen-bond donors (Lipinski definition) is 0. The van der Waals surface area contributed by atoms with Gasteiger partial charge in [-0.15, -0.1) is 10.2 Å². The topological polar surface area (TPSA) is 30.7 Å². The van der Waals surface area contributed by atoms with Crippen LogP contribution < -0.4 is 0 Å². The highest BCUT2D eigenvalue weighted by Crippen LogP contribution is 2.39. The third kappa shape index (κ3) is 1.15. The number of aromatic nitrogens is 3. The van der Waals surface area contributed by atoms with Crippen LogP contribution in [0.1, 0.15) is 44.5 Å². The minimum absolute atomic E-state index is 0.501. The summed E-state index contributed by atoms with van der Waals surface area (Å²) in [5.74, 6) is 1.89. The second-order valence-corrected chi connectivity index (χ2v) is 3.46. The molecule has 0 N–H and O–H groups in total. The summed E-state index contributed by atoms with van der Waals surface area (Å²) in [6.45, 7) is 4.32. The molecule has 1 aromatic heterocycles. The Kier molecular flexibility index (Phi) is 1.44. The Balaban J connectivity index is 2.30. The Bertz CT molecular complexity index is 231. The average molecular weight is 151 g/mol. The van der Waals surface area contributed by atoms with Crippen molar-refractivity contribution < 1.29 is 0 Å². The minimum Gasteiger partial charge on any atom is -0.315 e. The fourth-order valence-electron chi connectivity index (χ4n) is 1.28. The first-order valence-corrected chi connectivity index (χ1v) is 4.18. The lowest BCUT2D eigenvalue weighted by molar-refractivity contribution is 0.568. The quantitative estimate of drug-likeness (QED) is 0.644. The van der Waals surface area contributed by atoms with Gasteiger partial charge in [0.05, 0.1) is 0 Å². The molecule has 11 heavy (non-hydrogen) atoms. The van der Waals surface area contributed by atoms with E-state index in [1.54, 1.807) is 0 Å². The Hall–Kier alpha value is -0.860. The Morgan fingerprint density at radius 3 is 2.82 bits per heavy atom. The monoisotopic (exact) mass is 151 g/mol. The van der Waals surface area contributed by atoms with Crippen LogP contribution in [-0.2, 0) is 0 Å². The Morgan fingerprint density at radius 2 is 2.27 bits per heavy atom. The van der Waals surface area contributed by atoms with E-state index in [-0.39, 0.29) is 0 Å². The summed E-state index contributed by atoms with van der Waals surface area (Å²) in [7, 11) is 0. The molecule has 0 saturated heterocycles. The molecule has 0 bridgehead atoms. The standard InChI is InChI=1S/C8H13N3/c1-6(2)11-5-9-10-8(11)7-3-4-7/h5-7H,3-4H2,1-2H3. The van der Waals surface area contributed by atoms with Crippen molar-refractivity contribution in [1.29, 1.82) is 0 Å². The van der Waals surface area contributed by atoms with Gasteiger partial charge in [0, 0.05) is 12.0 Å². The smallest absolute Gasteiger partial charge is 0.136 e. The van der Waals surface area contributed by atoms with E-state index < -0.39 is 0 Å². The van der Waals surface area contributed by atoms with E-state index >= 15 is 0 Å². The molecular weight excluding hydrogens is 138 g/mol. The molecule has 0 amide bonds. The van der Waals surface area contributed by atoms with Gasteiger partial charge in [-0.05, 0) is 26.7 Å². The van der Waals surface area contributed by atoms with E-state index in [4.69, 9.17) is 0 Å². The van der Waals surface area contributed by atoms with Gasteiger partial charge in [-0.1, -0.05) is 0 Å². The van der Waals surface area contributed by atoms with Crippen LogP contribution >= 0.6 is 0 Å². The van der Waals surface area contributed by atoms with Crippen molar-refractivity contribution in [1.82, 2.24) is 14.8 Å². The summed E-state index contributed by atoms with van der Waals surface area (Å²) in [4.78, 5) is 0. The SMILES string of the molecule is CC(C)n1cnnc1C1CC1. The summed E-state index contributed by atoms with van der Waals surface area (Å²) in [5.41, 5.74) is 0. The number of rotatable bonds is 2. The van der Waals surface area contributed by atoms with Crippen LogP contribution in [0.4, 0.5) is 0 Å². The lowest BCUT2D eigenvalue weighted by Gasteiger charge is -2.08. The number of hydrogen-bond acceptors (Lipinski definition) is 2. The summed E-state index contributed by atoms with van der Waals surface area (Å²) in [6.07, 6.45) is 4.43. The molecule has 0 aliphatic heterocycles. The zero-order chi connectivity index (χ0) is 7.84. The molecule has 3 nitrogen and oxygen atoms in total. The van der Waals surface area contributed by atoms with Crippen molar-refractivity contribution >= 4 is 0 Å². The predicted molar refractivity (Wildman–Crippen MR) is 42.4 cm³/mol. The summed E-state index contributed by atoms with van der Waals surface area (Å²) >= 11 is 0. The van der Waals surface area contributed by atoms with Gasteiger partial charge in [-0.2, -0.15) is 0 Å². The molecule has 60 valence electrons. The molecule has 1 fully saturated rings. The molecule has 0 atom stereocenters. The largest absolute Gasteiger partial charge is 0.315 e. The van der Waals surface area contributed by atoms with Gasteiger partial charge in [-0.25, -0.2) is 0 Å². The van der Waals surface area contributed by atoms with E-state index in [9.17, 15) is 0 Å². The Morgan fingerprint density at radius 1 is 1.55 bits per heavy atom. The second kappa shape index (κ2) is 2.32. The highest BCUT2D eigenvalue weighted by Gasteiger charge is 2.28. The van der Waals surface area contributed by atoms with Crippen molar-refractivity contribution in [3.05, 3.63) is 12.2 Å². The molecule has 1 heterocycles. The molecule has 0 radical (unpaired) electrons. The third-order valence-electron chi connectivity index (χ3n) is 2.10. The first-order valence-electron chi connectivity index (χ1n) is 4.18. The first kappa shape index (κ1) is 6.83. The highest BCUT2D eigenvalue weighted by atomic mass is 15.3. The minimum atomic E-state index is 0.501. The van der Waals surface area contributed by atoms with Crippen LogP contribution in [0.15, 0.2) is 6.33 Å². The Labute approximate surface area is 66.4 Å². The van der Waals surface area contributed by atoms with Crippen LogP contribution in [-0.4, -0.2) is 14.8 Å². The lowest BCUT2D eigenvalue weighted by atomic mass is 10.3. The molecule has 1 aliphatic rings.